The molecule has 0 N–H and O–H groups in total. The van der Waals surface area contributed by atoms with E-state index in [1.807, 2.05) is 6.92 Å². The quantitative estimate of drug-likeness (QED) is 0.509. The Labute approximate surface area is 143 Å². The normalized spacial score (nSPS) is 10.8. The van der Waals surface area contributed by atoms with Crippen LogP contribution in [0, 0.1) is 0 Å². The largest absolute Gasteiger partial charge is 0.489 e. The number of benzene rings is 2. The minimum absolute atomic E-state index is 0.199. The lowest BCUT2D eigenvalue weighted by molar-refractivity contribution is 0.112. The number of fused-ring (bicyclic) bond motifs is 1. The Morgan fingerprint density at radius 2 is 1.88 bits per heavy atom. The van der Waals surface area contributed by atoms with Crippen LogP contribution in [0.15, 0.2) is 51.7 Å². The van der Waals surface area contributed by atoms with Crippen molar-refractivity contribution >= 4 is 28.9 Å². The second-order valence-electron chi connectivity index (χ2n) is 5.36. The zero-order valence-electron chi connectivity index (χ0n) is 13.0. The van der Waals surface area contributed by atoms with E-state index in [2.05, 4.69) is 0 Å². The van der Waals surface area contributed by atoms with Gasteiger partial charge in [-0.2, -0.15) is 0 Å². The minimum Gasteiger partial charge on any atom is -0.489 e. The SMILES string of the molecule is CCc1cc2oc(=O)cc(COc3ccc(C=O)cc3)c2cc1Cl. The molecule has 122 valence electrons. The molecule has 0 aliphatic heterocycles. The summed E-state index contributed by atoms with van der Waals surface area (Å²) in [6, 6.07) is 11.8. The highest BCUT2D eigenvalue weighted by atomic mass is 35.5. The standard InChI is InChI=1S/C19H15ClO4/c1-2-13-7-18-16(9-17(13)20)14(8-19(22)24-18)11-23-15-5-3-12(10-21)4-6-15/h3-10H,2,11H2,1H3. The van der Waals surface area contributed by atoms with Crippen LogP contribution >= 0.6 is 11.6 Å². The monoisotopic (exact) mass is 342 g/mol. The van der Waals surface area contributed by atoms with Crippen molar-refractivity contribution in [2.24, 2.45) is 0 Å². The van der Waals surface area contributed by atoms with Crippen molar-refractivity contribution < 1.29 is 13.9 Å². The van der Waals surface area contributed by atoms with Gasteiger partial charge in [-0.1, -0.05) is 18.5 Å². The van der Waals surface area contributed by atoms with Crippen molar-refractivity contribution in [3.63, 3.8) is 0 Å². The topological polar surface area (TPSA) is 56.5 Å². The molecule has 0 spiro atoms. The van der Waals surface area contributed by atoms with Gasteiger partial charge >= 0.3 is 5.63 Å². The van der Waals surface area contributed by atoms with E-state index in [1.54, 1.807) is 36.4 Å². The summed E-state index contributed by atoms with van der Waals surface area (Å²) >= 11 is 6.27. The molecule has 3 aromatic rings. The number of halogens is 1. The molecule has 4 nitrogen and oxygen atoms in total. The average Bonchev–Trinajstić information content (AvgIpc) is 2.60. The molecule has 0 unspecified atom stereocenters. The second-order valence-corrected chi connectivity index (χ2v) is 5.77. The van der Waals surface area contributed by atoms with E-state index in [1.165, 1.54) is 6.07 Å². The lowest BCUT2D eigenvalue weighted by Crippen LogP contribution is -2.04. The van der Waals surface area contributed by atoms with Gasteiger partial charge in [-0.3, -0.25) is 4.79 Å². The molecule has 5 heteroatoms. The first-order chi connectivity index (χ1) is 11.6. The van der Waals surface area contributed by atoms with Crippen molar-refractivity contribution in [2.45, 2.75) is 20.0 Å². The molecular formula is C19H15ClO4. The van der Waals surface area contributed by atoms with E-state index in [0.29, 0.717) is 27.5 Å². The van der Waals surface area contributed by atoms with Crippen LogP contribution in [0.1, 0.15) is 28.4 Å². The van der Waals surface area contributed by atoms with E-state index in [-0.39, 0.29) is 6.61 Å². The fourth-order valence-corrected chi connectivity index (χ4v) is 2.78. The zero-order valence-corrected chi connectivity index (χ0v) is 13.8. The van der Waals surface area contributed by atoms with Gasteiger partial charge in [0.1, 0.15) is 24.2 Å². The molecule has 1 aromatic heterocycles. The Morgan fingerprint density at radius 3 is 2.54 bits per heavy atom. The fourth-order valence-electron chi connectivity index (χ4n) is 2.48. The third kappa shape index (κ3) is 3.34. The minimum atomic E-state index is -0.429. The highest BCUT2D eigenvalue weighted by molar-refractivity contribution is 6.32. The number of carbonyl (C=O) groups is 1. The van der Waals surface area contributed by atoms with Gasteiger partial charge in [0.25, 0.3) is 0 Å². The van der Waals surface area contributed by atoms with Gasteiger partial charge < -0.3 is 9.15 Å². The third-order valence-corrected chi connectivity index (χ3v) is 4.14. The first-order valence-corrected chi connectivity index (χ1v) is 7.91. The predicted octanol–water partition coefficient (Wildman–Crippen LogP) is 4.40. The summed E-state index contributed by atoms with van der Waals surface area (Å²) in [5.74, 6) is 0.610. The molecule has 24 heavy (non-hydrogen) atoms. The Hall–Kier alpha value is -2.59. The molecule has 0 bridgehead atoms. The third-order valence-electron chi connectivity index (χ3n) is 3.79. The Morgan fingerprint density at radius 1 is 1.12 bits per heavy atom. The smallest absolute Gasteiger partial charge is 0.336 e. The molecular weight excluding hydrogens is 328 g/mol. The molecule has 0 aliphatic carbocycles. The maximum Gasteiger partial charge on any atom is 0.336 e. The van der Waals surface area contributed by atoms with Crippen molar-refractivity contribution in [3.05, 3.63) is 74.6 Å². The molecule has 0 saturated heterocycles. The van der Waals surface area contributed by atoms with Crippen molar-refractivity contribution in [1.82, 2.24) is 0 Å². The zero-order chi connectivity index (χ0) is 17.1. The number of hydrogen-bond acceptors (Lipinski definition) is 4. The van der Waals surface area contributed by atoms with Gasteiger partial charge in [0.2, 0.25) is 0 Å². The van der Waals surface area contributed by atoms with Gasteiger partial charge in [-0.05, 0) is 48.4 Å². The van der Waals surface area contributed by atoms with Crippen LogP contribution in [-0.2, 0) is 13.0 Å². The highest BCUT2D eigenvalue weighted by Crippen LogP contribution is 2.27. The van der Waals surface area contributed by atoms with E-state index < -0.39 is 5.63 Å². The van der Waals surface area contributed by atoms with Gasteiger partial charge in [-0.25, -0.2) is 4.79 Å². The van der Waals surface area contributed by atoms with E-state index in [9.17, 15) is 9.59 Å². The number of aryl methyl sites for hydroxylation is 1. The lowest BCUT2D eigenvalue weighted by Gasteiger charge is -2.10. The van der Waals surface area contributed by atoms with Crippen LogP contribution in [-0.4, -0.2) is 6.29 Å². The number of aldehydes is 1. The Balaban J connectivity index is 1.94. The summed E-state index contributed by atoms with van der Waals surface area (Å²) in [4.78, 5) is 22.5. The lowest BCUT2D eigenvalue weighted by atomic mass is 10.1. The summed E-state index contributed by atoms with van der Waals surface area (Å²) in [6.45, 7) is 2.19. The van der Waals surface area contributed by atoms with Gasteiger partial charge in [0.05, 0.1) is 0 Å². The highest BCUT2D eigenvalue weighted by Gasteiger charge is 2.10. The first kappa shape index (κ1) is 16.3. The number of hydrogen-bond donors (Lipinski definition) is 0. The molecule has 2 aromatic carbocycles. The number of ether oxygens (including phenoxy) is 1. The summed E-state index contributed by atoms with van der Waals surface area (Å²) in [6.07, 6.45) is 1.52. The van der Waals surface area contributed by atoms with Gasteiger partial charge in [0.15, 0.2) is 0 Å². The Kier molecular flexibility index (Phi) is 4.67. The molecule has 0 aliphatic rings. The van der Waals surface area contributed by atoms with E-state index in [4.69, 9.17) is 20.8 Å². The van der Waals surface area contributed by atoms with Crippen molar-refractivity contribution in [3.8, 4) is 5.75 Å². The summed E-state index contributed by atoms with van der Waals surface area (Å²) in [5, 5.41) is 1.39. The molecule has 0 amide bonds. The van der Waals surface area contributed by atoms with Gasteiger partial charge in [-0.15, -0.1) is 0 Å². The summed E-state index contributed by atoms with van der Waals surface area (Å²) in [5.41, 5.74) is 2.27. The van der Waals surface area contributed by atoms with Crippen LogP contribution in [0.5, 0.6) is 5.75 Å². The summed E-state index contributed by atoms with van der Waals surface area (Å²) in [7, 11) is 0. The van der Waals surface area contributed by atoms with E-state index >= 15 is 0 Å². The van der Waals surface area contributed by atoms with Crippen LogP contribution in [0.25, 0.3) is 11.0 Å². The first-order valence-electron chi connectivity index (χ1n) is 7.54. The Bertz CT molecular complexity index is 942. The molecule has 3 rings (SSSR count). The van der Waals surface area contributed by atoms with Crippen LogP contribution in [0.2, 0.25) is 5.02 Å². The van der Waals surface area contributed by atoms with E-state index in [0.717, 1.165) is 23.7 Å². The second kappa shape index (κ2) is 6.89. The average molecular weight is 343 g/mol. The van der Waals surface area contributed by atoms with Crippen molar-refractivity contribution in [2.75, 3.05) is 0 Å². The van der Waals surface area contributed by atoms with Crippen LogP contribution in [0.4, 0.5) is 0 Å². The van der Waals surface area contributed by atoms with Crippen molar-refractivity contribution in [1.29, 1.82) is 0 Å². The maximum atomic E-state index is 11.8. The van der Waals surface area contributed by atoms with Crippen LogP contribution in [0.3, 0.4) is 0 Å². The number of rotatable bonds is 5. The van der Waals surface area contributed by atoms with Gasteiger partial charge in [0, 0.05) is 27.6 Å². The molecule has 1 heterocycles. The predicted molar refractivity (Wildman–Crippen MR) is 93.0 cm³/mol. The number of carbonyl (C=O) groups excluding carboxylic acids is 1. The molecule has 0 atom stereocenters. The molecule has 0 radical (unpaired) electrons. The summed E-state index contributed by atoms with van der Waals surface area (Å²) < 4.78 is 11.0. The molecule has 0 fully saturated rings. The fraction of sp³-hybridized carbons (Fsp3) is 0.158. The maximum absolute atomic E-state index is 11.8. The molecule has 0 saturated carbocycles. The van der Waals surface area contributed by atoms with Crippen LogP contribution < -0.4 is 10.4 Å².